The molecular formula is C19H21NO4. The first-order valence-corrected chi connectivity index (χ1v) is 7.96. The Labute approximate surface area is 141 Å². The van der Waals surface area contributed by atoms with E-state index in [0.29, 0.717) is 23.2 Å². The van der Waals surface area contributed by atoms with Gasteiger partial charge >= 0.3 is 0 Å². The molecule has 0 aromatic heterocycles. The Balaban J connectivity index is 1.64. The number of hydrogen-bond acceptors (Lipinski definition) is 4. The van der Waals surface area contributed by atoms with Crippen molar-refractivity contribution in [1.82, 2.24) is 0 Å². The molecule has 24 heavy (non-hydrogen) atoms. The number of fused-ring (bicyclic) bond motifs is 1. The molecule has 0 aliphatic carbocycles. The van der Waals surface area contributed by atoms with Crippen LogP contribution in [0, 0.1) is 6.92 Å². The van der Waals surface area contributed by atoms with E-state index in [1.807, 2.05) is 25.1 Å². The lowest BCUT2D eigenvalue weighted by molar-refractivity contribution is -0.118. The summed E-state index contributed by atoms with van der Waals surface area (Å²) in [4.78, 5) is 12.3. The maximum atomic E-state index is 12.3. The van der Waals surface area contributed by atoms with E-state index in [1.165, 1.54) is 0 Å². The van der Waals surface area contributed by atoms with Crippen molar-refractivity contribution >= 4 is 11.6 Å². The summed E-state index contributed by atoms with van der Waals surface area (Å²) < 4.78 is 16.1. The highest BCUT2D eigenvalue weighted by atomic mass is 16.7. The van der Waals surface area contributed by atoms with Crippen molar-refractivity contribution in [3.05, 3.63) is 47.5 Å². The van der Waals surface area contributed by atoms with Crippen LogP contribution in [-0.4, -0.2) is 19.3 Å². The van der Waals surface area contributed by atoms with Crippen LogP contribution >= 0.6 is 0 Å². The van der Waals surface area contributed by atoms with E-state index in [9.17, 15) is 4.79 Å². The highest BCUT2D eigenvalue weighted by Crippen LogP contribution is 2.35. The van der Waals surface area contributed by atoms with Gasteiger partial charge in [0.05, 0.1) is 0 Å². The van der Waals surface area contributed by atoms with Gasteiger partial charge in [0, 0.05) is 11.8 Å². The van der Waals surface area contributed by atoms with E-state index < -0.39 is 0 Å². The largest absolute Gasteiger partial charge is 0.484 e. The molecule has 1 N–H and O–H groups in total. The number of aryl methyl sites for hydroxylation is 1. The van der Waals surface area contributed by atoms with Gasteiger partial charge in [-0.15, -0.1) is 0 Å². The molecule has 1 aliphatic heterocycles. The first-order valence-electron chi connectivity index (χ1n) is 7.96. The molecule has 3 rings (SSSR count). The Bertz CT molecular complexity index is 755. The molecule has 2 aromatic rings. The predicted molar refractivity (Wildman–Crippen MR) is 92.0 cm³/mol. The average Bonchev–Trinajstić information content (AvgIpc) is 3.02. The minimum atomic E-state index is -0.191. The second-order valence-corrected chi connectivity index (χ2v) is 6.05. The fourth-order valence-corrected chi connectivity index (χ4v) is 2.63. The van der Waals surface area contributed by atoms with Crippen molar-refractivity contribution in [1.29, 1.82) is 0 Å². The van der Waals surface area contributed by atoms with E-state index >= 15 is 0 Å². The minimum absolute atomic E-state index is 0.0640. The molecule has 5 heteroatoms. The van der Waals surface area contributed by atoms with E-state index in [4.69, 9.17) is 14.2 Å². The van der Waals surface area contributed by atoms with Crippen LogP contribution in [-0.2, 0) is 4.79 Å². The van der Waals surface area contributed by atoms with Gasteiger partial charge in [-0.25, -0.2) is 0 Å². The number of carbonyl (C=O) groups excluding carboxylic acids is 1. The van der Waals surface area contributed by atoms with Gasteiger partial charge in [0.15, 0.2) is 18.1 Å². The van der Waals surface area contributed by atoms with Gasteiger partial charge in [-0.2, -0.15) is 0 Å². The summed E-state index contributed by atoms with van der Waals surface area (Å²) in [7, 11) is 0. The van der Waals surface area contributed by atoms with Crippen LogP contribution < -0.4 is 19.5 Å². The summed E-state index contributed by atoms with van der Waals surface area (Å²) in [6.45, 7) is 6.34. The zero-order valence-corrected chi connectivity index (χ0v) is 14.1. The third-order valence-corrected chi connectivity index (χ3v) is 3.91. The van der Waals surface area contributed by atoms with Gasteiger partial charge in [-0.05, 0) is 36.1 Å². The van der Waals surface area contributed by atoms with E-state index in [1.54, 1.807) is 18.2 Å². The third-order valence-electron chi connectivity index (χ3n) is 3.91. The van der Waals surface area contributed by atoms with Crippen molar-refractivity contribution in [2.45, 2.75) is 26.7 Å². The molecule has 126 valence electrons. The van der Waals surface area contributed by atoms with Gasteiger partial charge in [0.25, 0.3) is 5.91 Å². The van der Waals surface area contributed by atoms with Crippen molar-refractivity contribution < 1.29 is 19.0 Å². The molecule has 1 aliphatic rings. The number of benzene rings is 2. The summed E-state index contributed by atoms with van der Waals surface area (Å²) in [5, 5.41) is 2.96. The normalized spacial score (nSPS) is 12.3. The molecule has 0 saturated heterocycles. The Morgan fingerprint density at radius 3 is 2.79 bits per heavy atom. The average molecular weight is 327 g/mol. The molecule has 0 unspecified atom stereocenters. The second-order valence-electron chi connectivity index (χ2n) is 6.05. The lowest BCUT2D eigenvalue weighted by atomic mass is 9.98. The summed E-state index contributed by atoms with van der Waals surface area (Å²) in [6, 6.07) is 11.3. The number of hydrogen-bond donors (Lipinski definition) is 1. The Hall–Kier alpha value is -2.69. The zero-order chi connectivity index (χ0) is 17.1. The molecule has 0 fully saturated rings. The smallest absolute Gasteiger partial charge is 0.262 e. The number of para-hydroxylation sites is 1. The highest BCUT2D eigenvalue weighted by molar-refractivity contribution is 5.93. The number of nitrogens with one attached hydrogen (secondary N) is 1. The van der Waals surface area contributed by atoms with Crippen LogP contribution in [0.25, 0.3) is 0 Å². The molecule has 5 nitrogen and oxygen atoms in total. The van der Waals surface area contributed by atoms with Gasteiger partial charge in [0.1, 0.15) is 5.75 Å². The van der Waals surface area contributed by atoms with E-state index in [2.05, 4.69) is 19.2 Å². The van der Waals surface area contributed by atoms with Crippen molar-refractivity contribution in [3.8, 4) is 17.2 Å². The van der Waals surface area contributed by atoms with E-state index in [0.717, 1.165) is 16.8 Å². The van der Waals surface area contributed by atoms with Crippen LogP contribution in [0.4, 0.5) is 5.69 Å². The predicted octanol–water partition coefficient (Wildman–Crippen LogP) is 3.86. The number of rotatable bonds is 5. The molecule has 0 radical (unpaired) electrons. The number of amides is 1. The van der Waals surface area contributed by atoms with Gasteiger partial charge < -0.3 is 19.5 Å². The fourth-order valence-electron chi connectivity index (χ4n) is 2.63. The Morgan fingerprint density at radius 1 is 1.21 bits per heavy atom. The molecule has 0 saturated carbocycles. The quantitative estimate of drug-likeness (QED) is 0.906. The number of carbonyl (C=O) groups is 1. The molecular weight excluding hydrogens is 306 g/mol. The second kappa shape index (κ2) is 6.83. The van der Waals surface area contributed by atoms with E-state index in [-0.39, 0.29) is 19.3 Å². The van der Waals surface area contributed by atoms with Crippen molar-refractivity contribution in [2.75, 3.05) is 18.7 Å². The molecule has 0 spiro atoms. The summed E-state index contributed by atoms with van der Waals surface area (Å²) in [5.41, 5.74) is 3.02. The van der Waals surface area contributed by atoms with Crippen LogP contribution in [0.15, 0.2) is 36.4 Å². The van der Waals surface area contributed by atoms with Crippen LogP contribution in [0.1, 0.15) is 30.9 Å². The van der Waals surface area contributed by atoms with Crippen molar-refractivity contribution in [2.24, 2.45) is 0 Å². The lowest BCUT2D eigenvalue weighted by Gasteiger charge is -2.16. The summed E-state index contributed by atoms with van der Waals surface area (Å²) in [5.74, 6) is 2.03. The standard InChI is InChI=1S/C19H21NO4/c1-12(2)15-6-4-5-13(3)19(15)20-18(21)10-22-14-7-8-16-17(9-14)24-11-23-16/h4-9,12H,10-11H2,1-3H3,(H,20,21). The lowest BCUT2D eigenvalue weighted by Crippen LogP contribution is -2.21. The van der Waals surface area contributed by atoms with Gasteiger partial charge in [-0.3, -0.25) is 4.79 Å². The zero-order valence-electron chi connectivity index (χ0n) is 14.1. The van der Waals surface area contributed by atoms with Crippen LogP contribution in [0.2, 0.25) is 0 Å². The molecule has 1 heterocycles. The topological polar surface area (TPSA) is 56.8 Å². The summed E-state index contributed by atoms with van der Waals surface area (Å²) in [6.07, 6.45) is 0. The van der Waals surface area contributed by atoms with Crippen LogP contribution in [0.5, 0.6) is 17.2 Å². The first-order chi connectivity index (χ1) is 11.5. The van der Waals surface area contributed by atoms with Gasteiger partial charge in [-0.1, -0.05) is 32.0 Å². The van der Waals surface area contributed by atoms with Gasteiger partial charge in [0.2, 0.25) is 6.79 Å². The maximum absolute atomic E-state index is 12.3. The maximum Gasteiger partial charge on any atom is 0.262 e. The SMILES string of the molecule is Cc1cccc(C(C)C)c1NC(=O)COc1ccc2c(c1)OCO2. The first kappa shape index (κ1) is 16.2. The number of ether oxygens (including phenoxy) is 3. The number of anilines is 1. The molecule has 0 bridgehead atoms. The summed E-state index contributed by atoms with van der Waals surface area (Å²) >= 11 is 0. The monoisotopic (exact) mass is 327 g/mol. The Morgan fingerprint density at radius 2 is 2.00 bits per heavy atom. The molecule has 1 amide bonds. The molecule has 0 atom stereocenters. The minimum Gasteiger partial charge on any atom is -0.484 e. The van der Waals surface area contributed by atoms with Crippen molar-refractivity contribution in [3.63, 3.8) is 0 Å². The Kier molecular flexibility index (Phi) is 4.60. The third kappa shape index (κ3) is 3.45. The van der Waals surface area contributed by atoms with Crippen LogP contribution in [0.3, 0.4) is 0 Å². The fraction of sp³-hybridized carbons (Fsp3) is 0.316. The highest BCUT2D eigenvalue weighted by Gasteiger charge is 2.15. The molecule has 2 aromatic carbocycles.